The Balaban J connectivity index is 1.58. The minimum atomic E-state index is -0.415. The Morgan fingerprint density at radius 1 is 1.22 bits per heavy atom. The molecular weight excluding hydrogens is 425 g/mol. The number of likely N-dealkylation sites (N-methyl/N-ethyl adjacent to an activating group) is 1. The number of aromatic nitrogens is 3. The van der Waals surface area contributed by atoms with E-state index in [-0.39, 0.29) is 11.1 Å². The summed E-state index contributed by atoms with van der Waals surface area (Å²) in [6.07, 6.45) is 4.13. The van der Waals surface area contributed by atoms with Gasteiger partial charge in [0.1, 0.15) is 0 Å². The Bertz CT molecular complexity index is 1190. The molecule has 0 radical (unpaired) electrons. The predicted molar refractivity (Wildman–Crippen MR) is 127 cm³/mol. The van der Waals surface area contributed by atoms with Gasteiger partial charge in [0.05, 0.1) is 28.1 Å². The monoisotopic (exact) mass is 451 g/mol. The Hall–Kier alpha value is -2.70. The van der Waals surface area contributed by atoms with Gasteiger partial charge in [-0.25, -0.2) is 9.07 Å². The summed E-state index contributed by atoms with van der Waals surface area (Å²) in [6.45, 7) is 8.02. The molecule has 0 amide bonds. The molecule has 2 aliphatic rings. The maximum atomic E-state index is 14.7. The second kappa shape index (κ2) is 8.68. The first-order valence-corrected chi connectivity index (χ1v) is 11.6. The number of fused-ring (bicyclic) bond motifs is 3. The Morgan fingerprint density at radius 3 is 2.88 bits per heavy atom. The fraction of sp³-hybridized carbons (Fsp3) is 0.360. The van der Waals surface area contributed by atoms with E-state index >= 15 is 0 Å². The van der Waals surface area contributed by atoms with E-state index in [4.69, 9.17) is 11.6 Å². The molecule has 0 aliphatic carbocycles. The van der Waals surface area contributed by atoms with Crippen molar-refractivity contribution in [2.24, 2.45) is 0 Å². The van der Waals surface area contributed by atoms with Gasteiger partial charge in [0.15, 0.2) is 5.82 Å². The van der Waals surface area contributed by atoms with Crippen LogP contribution in [0.3, 0.4) is 0 Å². The van der Waals surface area contributed by atoms with Crippen LogP contribution in [-0.2, 0) is 6.54 Å². The van der Waals surface area contributed by atoms with Gasteiger partial charge in [-0.05, 0) is 61.2 Å². The summed E-state index contributed by atoms with van der Waals surface area (Å²) in [6, 6.07) is 11.7. The highest BCUT2D eigenvalue weighted by Gasteiger charge is 2.27. The first-order valence-electron chi connectivity index (χ1n) is 11.2. The Kier molecular flexibility index (Phi) is 5.74. The van der Waals surface area contributed by atoms with Gasteiger partial charge in [0.25, 0.3) is 0 Å². The van der Waals surface area contributed by atoms with Crippen molar-refractivity contribution >= 4 is 22.9 Å². The van der Waals surface area contributed by atoms with E-state index in [2.05, 4.69) is 51.7 Å². The van der Waals surface area contributed by atoms with Gasteiger partial charge in [-0.2, -0.15) is 0 Å². The fourth-order valence-electron chi connectivity index (χ4n) is 4.78. The summed E-state index contributed by atoms with van der Waals surface area (Å²) >= 11 is 6.04. The highest BCUT2D eigenvalue weighted by Crippen LogP contribution is 2.39. The lowest BCUT2D eigenvalue weighted by molar-refractivity contribution is 0.319. The van der Waals surface area contributed by atoms with Crippen LogP contribution in [-0.4, -0.2) is 39.5 Å². The number of anilines is 1. The molecule has 2 aromatic carbocycles. The standard InChI is InChI=1S/C25H27ClFN5/c1-3-31-12-9-17(10-13-31)18-7-8-19-20(15-18)22(11-14-32-25(19)16(2)29-30-32)28-23-6-4-5-21(26)24(23)27/h4-9,15,22,28H,3,10-14H2,1-2H3. The van der Waals surface area contributed by atoms with Crippen LogP contribution in [0.25, 0.3) is 16.8 Å². The summed E-state index contributed by atoms with van der Waals surface area (Å²) in [5.74, 6) is -0.415. The number of nitrogens with zero attached hydrogens (tertiary/aromatic N) is 4. The SMILES string of the molecule is CCN1CC=C(c2ccc3c(c2)C(Nc2cccc(Cl)c2F)CCn2nnc(C)c2-3)CC1. The van der Waals surface area contributed by atoms with Crippen LogP contribution < -0.4 is 5.32 Å². The van der Waals surface area contributed by atoms with E-state index in [0.29, 0.717) is 12.2 Å². The molecule has 2 aliphatic heterocycles. The van der Waals surface area contributed by atoms with E-state index in [1.165, 1.54) is 11.1 Å². The fourth-order valence-corrected chi connectivity index (χ4v) is 4.95. The first-order chi connectivity index (χ1) is 15.5. The summed E-state index contributed by atoms with van der Waals surface area (Å²) in [5, 5.41) is 12.2. The summed E-state index contributed by atoms with van der Waals surface area (Å²) in [7, 11) is 0. The van der Waals surface area contributed by atoms with Crippen molar-refractivity contribution in [1.82, 2.24) is 19.9 Å². The number of halogens is 2. The molecule has 1 unspecified atom stereocenters. The van der Waals surface area contributed by atoms with Gasteiger partial charge < -0.3 is 5.32 Å². The highest BCUT2D eigenvalue weighted by molar-refractivity contribution is 6.31. The van der Waals surface area contributed by atoms with Gasteiger partial charge in [0.2, 0.25) is 0 Å². The maximum absolute atomic E-state index is 14.7. The zero-order chi connectivity index (χ0) is 22.2. The molecule has 166 valence electrons. The molecular formula is C25H27ClFN5. The lowest BCUT2D eigenvalue weighted by atomic mass is 9.90. The molecule has 3 aromatic rings. The summed E-state index contributed by atoms with van der Waals surface area (Å²) in [5.41, 5.74) is 7.21. The quantitative estimate of drug-likeness (QED) is 0.551. The third-order valence-electron chi connectivity index (χ3n) is 6.61. The smallest absolute Gasteiger partial charge is 0.164 e. The second-order valence-electron chi connectivity index (χ2n) is 8.51. The molecule has 0 spiro atoms. The lowest BCUT2D eigenvalue weighted by Crippen LogP contribution is -2.28. The van der Waals surface area contributed by atoms with Crippen molar-refractivity contribution in [3.8, 4) is 11.3 Å². The zero-order valence-corrected chi connectivity index (χ0v) is 19.2. The minimum Gasteiger partial charge on any atom is -0.376 e. The van der Waals surface area contributed by atoms with E-state index < -0.39 is 5.82 Å². The van der Waals surface area contributed by atoms with Crippen LogP contribution in [0.2, 0.25) is 5.02 Å². The van der Waals surface area contributed by atoms with Crippen molar-refractivity contribution in [3.05, 3.63) is 70.1 Å². The number of hydrogen-bond acceptors (Lipinski definition) is 4. The molecule has 1 N–H and O–H groups in total. The van der Waals surface area contributed by atoms with Crippen LogP contribution in [0.5, 0.6) is 0 Å². The van der Waals surface area contributed by atoms with Crippen LogP contribution in [0, 0.1) is 12.7 Å². The molecule has 32 heavy (non-hydrogen) atoms. The van der Waals surface area contributed by atoms with E-state index in [9.17, 15) is 4.39 Å². The van der Waals surface area contributed by atoms with Crippen LogP contribution in [0.15, 0.2) is 42.5 Å². The Labute approximate surface area is 192 Å². The van der Waals surface area contributed by atoms with Gasteiger partial charge >= 0.3 is 0 Å². The van der Waals surface area contributed by atoms with Crippen molar-refractivity contribution in [1.29, 1.82) is 0 Å². The normalized spacial score (nSPS) is 18.5. The van der Waals surface area contributed by atoms with Gasteiger partial charge in [-0.1, -0.05) is 48.0 Å². The zero-order valence-electron chi connectivity index (χ0n) is 18.4. The second-order valence-corrected chi connectivity index (χ2v) is 8.92. The highest BCUT2D eigenvalue weighted by atomic mass is 35.5. The predicted octanol–water partition coefficient (Wildman–Crippen LogP) is 5.71. The van der Waals surface area contributed by atoms with E-state index in [1.807, 2.05) is 11.6 Å². The molecule has 0 saturated carbocycles. The molecule has 7 heteroatoms. The number of aryl methyl sites for hydroxylation is 2. The molecule has 3 heterocycles. The number of rotatable bonds is 4. The molecule has 0 bridgehead atoms. The third-order valence-corrected chi connectivity index (χ3v) is 6.90. The van der Waals surface area contributed by atoms with Crippen LogP contribution >= 0.6 is 11.6 Å². The van der Waals surface area contributed by atoms with Gasteiger partial charge in [-0.3, -0.25) is 4.90 Å². The molecule has 0 saturated heterocycles. The first kappa shape index (κ1) is 21.2. The number of nitrogens with one attached hydrogen (secondary N) is 1. The topological polar surface area (TPSA) is 46.0 Å². The Morgan fingerprint density at radius 2 is 2.09 bits per heavy atom. The van der Waals surface area contributed by atoms with Crippen LogP contribution in [0.4, 0.5) is 10.1 Å². The van der Waals surface area contributed by atoms with Crippen LogP contribution in [0.1, 0.15) is 42.6 Å². The van der Waals surface area contributed by atoms with Crippen molar-refractivity contribution < 1.29 is 4.39 Å². The van der Waals surface area contributed by atoms with E-state index in [1.54, 1.807) is 18.2 Å². The average molecular weight is 452 g/mol. The van der Waals surface area contributed by atoms with E-state index in [0.717, 1.165) is 55.0 Å². The molecule has 0 fully saturated rings. The summed E-state index contributed by atoms with van der Waals surface area (Å²) in [4.78, 5) is 2.44. The minimum absolute atomic E-state index is 0.0738. The molecule has 5 nitrogen and oxygen atoms in total. The maximum Gasteiger partial charge on any atom is 0.164 e. The average Bonchev–Trinajstić information content (AvgIpc) is 3.11. The molecule has 1 atom stereocenters. The van der Waals surface area contributed by atoms with Crippen molar-refractivity contribution in [2.75, 3.05) is 25.0 Å². The largest absolute Gasteiger partial charge is 0.376 e. The lowest BCUT2D eigenvalue weighted by Gasteiger charge is -2.26. The van der Waals surface area contributed by atoms with Crippen molar-refractivity contribution in [2.45, 2.75) is 39.3 Å². The molecule has 5 rings (SSSR count). The summed E-state index contributed by atoms with van der Waals surface area (Å²) < 4.78 is 16.7. The number of benzene rings is 2. The van der Waals surface area contributed by atoms with Gasteiger partial charge in [-0.15, -0.1) is 5.10 Å². The molecule has 1 aromatic heterocycles. The number of hydrogen-bond donors (Lipinski definition) is 1. The van der Waals surface area contributed by atoms with Crippen molar-refractivity contribution in [3.63, 3.8) is 0 Å². The third kappa shape index (κ3) is 3.82. The van der Waals surface area contributed by atoms with Gasteiger partial charge in [0, 0.05) is 25.2 Å².